The molecule has 0 N–H and O–H groups in total. The molecule has 0 heterocycles. The van der Waals surface area contributed by atoms with Crippen LogP contribution in [0.5, 0.6) is 0 Å². The Labute approximate surface area is 456 Å². The highest BCUT2D eigenvalue weighted by molar-refractivity contribution is 5.71. The van der Waals surface area contributed by atoms with E-state index in [4.69, 9.17) is 14.2 Å². The highest BCUT2D eigenvalue weighted by Crippen LogP contribution is 2.16. The van der Waals surface area contributed by atoms with Gasteiger partial charge in [-0.3, -0.25) is 14.4 Å². The highest BCUT2D eigenvalue weighted by Gasteiger charge is 2.19. The molecule has 6 nitrogen and oxygen atoms in total. The molecule has 0 radical (unpaired) electrons. The Hall–Kier alpha value is -4.19. The van der Waals surface area contributed by atoms with Crippen molar-refractivity contribution in [3.05, 3.63) is 122 Å². The van der Waals surface area contributed by atoms with Gasteiger partial charge in [0.15, 0.2) is 6.10 Å². The van der Waals surface area contributed by atoms with E-state index >= 15 is 0 Å². The summed E-state index contributed by atoms with van der Waals surface area (Å²) >= 11 is 0. The fourth-order valence-electron chi connectivity index (χ4n) is 8.18. The zero-order valence-electron chi connectivity index (χ0n) is 48.1. The summed E-state index contributed by atoms with van der Waals surface area (Å²) in [6.07, 6.45) is 85.1. The zero-order chi connectivity index (χ0) is 53.6. The van der Waals surface area contributed by atoms with Gasteiger partial charge in [0.2, 0.25) is 0 Å². The van der Waals surface area contributed by atoms with E-state index < -0.39 is 6.10 Å². The maximum atomic E-state index is 12.8. The normalized spacial score (nSPS) is 13.0. The molecule has 6 heteroatoms. The molecule has 0 saturated heterocycles. The van der Waals surface area contributed by atoms with Gasteiger partial charge in [-0.05, 0) is 116 Å². The van der Waals surface area contributed by atoms with Crippen LogP contribution in [0.15, 0.2) is 122 Å². The predicted octanol–water partition coefficient (Wildman–Crippen LogP) is 20.8. The molecule has 0 aliphatic rings. The third-order valence-corrected chi connectivity index (χ3v) is 12.7. The number of unbranched alkanes of at least 4 members (excludes halogenated alkanes) is 23. The Morgan fingerprint density at radius 1 is 0.284 bits per heavy atom. The molecular formula is C68H112O6. The first kappa shape index (κ1) is 69.8. The highest BCUT2D eigenvalue weighted by atomic mass is 16.6. The lowest BCUT2D eigenvalue weighted by Gasteiger charge is -2.18. The quantitative estimate of drug-likeness (QED) is 0.0261. The Morgan fingerprint density at radius 2 is 0.541 bits per heavy atom. The lowest BCUT2D eigenvalue weighted by Crippen LogP contribution is -2.30. The maximum absolute atomic E-state index is 12.8. The molecule has 420 valence electrons. The van der Waals surface area contributed by atoms with E-state index in [2.05, 4.69) is 142 Å². The minimum atomic E-state index is -0.812. The second-order valence-electron chi connectivity index (χ2n) is 19.8. The summed E-state index contributed by atoms with van der Waals surface area (Å²) in [7, 11) is 0. The monoisotopic (exact) mass is 1020 g/mol. The molecule has 1 unspecified atom stereocenters. The maximum Gasteiger partial charge on any atom is 0.306 e. The largest absolute Gasteiger partial charge is 0.462 e. The van der Waals surface area contributed by atoms with Gasteiger partial charge in [-0.2, -0.15) is 0 Å². The first-order chi connectivity index (χ1) is 36.5. The van der Waals surface area contributed by atoms with Crippen molar-refractivity contribution in [1.82, 2.24) is 0 Å². The second-order valence-corrected chi connectivity index (χ2v) is 19.8. The SMILES string of the molecule is CC/C=C\C/C=C\C/C=C\C/C=C\C/C=C\CCCC(=O)OC(COC(=O)CCCCCCC/C=C\CCC)COC(=O)CCCCCCCCCCCCCCCCCC/C=C\C/C=C\C/C=C\C/C=C\CC. The summed E-state index contributed by atoms with van der Waals surface area (Å²) < 4.78 is 16.8. The molecule has 1 atom stereocenters. The Bertz CT molecular complexity index is 1550. The van der Waals surface area contributed by atoms with E-state index in [1.807, 2.05) is 0 Å². The number of esters is 3. The minimum absolute atomic E-state index is 0.104. The van der Waals surface area contributed by atoms with E-state index in [1.165, 1.54) is 103 Å². The fraction of sp³-hybridized carbons (Fsp3) is 0.662. The molecule has 0 bridgehead atoms. The molecule has 0 spiro atoms. The van der Waals surface area contributed by atoms with E-state index in [1.54, 1.807) is 0 Å². The zero-order valence-corrected chi connectivity index (χ0v) is 48.1. The van der Waals surface area contributed by atoms with E-state index in [9.17, 15) is 14.4 Å². The number of hydrogen-bond acceptors (Lipinski definition) is 6. The van der Waals surface area contributed by atoms with Gasteiger partial charge in [-0.15, -0.1) is 0 Å². The lowest BCUT2D eigenvalue weighted by molar-refractivity contribution is -0.167. The first-order valence-electron chi connectivity index (χ1n) is 30.5. The number of carbonyl (C=O) groups excluding carboxylic acids is 3. The standard InChI is InChI=1S/C68H112O6/c1-4-7-10-13-16-19-22-24-26-28-29-30-31-32-33-34-35-36-37-38-39-41-42-44-46-49-52-55-58-61-67(70)73-64-65(63-72-66(69)60-57-54-51-48-21-18-15-12-9-6-3)74-68(71)62-59-56-53-50-47-45-43-40-27-25-23-20-17-14-11-8-5-2/h7-8,10-12,15-17,19-20,24-27,29-30,43,45,50,53,65H,4-6,9,13-14,18,21-23,28,31-42,44,46-49,51-52,54-64H2,1-3H3/b10-7-,11-8-,15-12-,19-16-,20-17-,26-24-,27-25-,30-29-,45-43-,53-50-. The minimum Gasteiger partial charge on any atom is -0.462 e. The van der Waals surface area contributed by atoms with Crippen molar-refractivity contribution in [3.8, 4) is 0 Å². The van der Waals surface area contributed by atoms with E-state index in [-0.39, 0.29) is 37.5 Å². The summed E-state index contributed by atoms with van der Waals surface area (Å²) in [6.45, 7) is 6.30. The number of hydrogen-bond donors (Lipinski definition) is 0. The average molecular weight is 1030 g/mol. The first-order valence-corrected chi connectivity index (χ1v) is 30.5. The van der Waals surface area contributed by atoms with Crippen LogP contribution in [0.4, 0.5) is 0 Å². The third kappa shape index (κ3) is 58.7. The molecule has 0 aliphatic heterocycles. The molecule has 0 amide bonds. The van der Waals surface area contributed by atoms with Crippen LogP contribution in [0.25, 0.3) is 0 Å². The molecule has 0 fully saturated rings. The van der Waals surface area contributed by atoms with Gasteiger partial charge >= 0.3 is 17.9 Å². The molecule has 0 rings (SSSR count). The summed E-state index contributed by atoms with van der Waals surface area (Å²) in [5, 5.41) is 0. The molecular weight excluding hydrogens is 913 g/mol. The summed E-state index contributed by atoms with van der Waals surface area (Å²) in [5.74, 6) is -0.973. The molecule has 0 aromatic rings. The van der Waals surface area contributed by atoms with E-state index in [0.29, 0.717) is 19.3 Å². The van der Waals surface area contributed by atoms with Crippen LogP contribution >= 0.6 is 0 Å². The predicted molar refractivity (Wildman–Crippen MR) is 320 cm³/mol. The summed E-state index contributed by atoms with van der Waals surface area (Å²) in [4.78, 5) is 38.1. The molecule has 0 aromatic heterocycles. The molecule has 0 saturated carbocycles. The van der Waals surface area contributed by atoms with Gasteiger partial charge in [0.1, 0.15) is 13.2 Å². The fourth-order valence-corrected chi connectivity index (χ4v) is 8.18. The van der Waals surface area contributed by atoms with Crippen LogP contribution in [-0.4, -0.2) is 37.2 Å². The van der Waals surface area contributed by atoms with Gasteiger partial charge in [-0.1, -0.05) is 258 Å². The van der Waals surface area contributed by atoms with Crippen LogP contribution in [0.3, 0.4) is 0 Å². The third-order valence-electron chi connectivity index (χ3n) is 12.7. The molecule has 0 aromatic carbocycles. The van der Waals surface area contributed by atoms with Crippen molar-refractivity contribution >= 4 is 17.9 Å². The second kappa shape index (κ2) is 61.4. The Morgan fingerprint density at radius 3 is 0.878 bits per heavy atom. The van der Waals surface area contributed by atoms with Gasteiger partial charge < -0.3 is 14.2 Å². The smallest absolute Gasteiger partial charge is 0.306 e. The lowest BCUT2D eigenvalue weighted by atomic mass is 10.0. The van der Waals surface area contributed by atoms with Gasteiger partial charge in [-0.25, -0.2) is 0 Å². The number of ether oxygens (including phenoxy) is 3. The van der Waals surface area contributed by atoms with Crippen molar-refractivity contribution < 1.29 is 28.6 Å². The van der Waals surface area contributed by atoms with Gasteiger partial charge in [0.05, 0.1) is 0 Å². The van der Waals surface area contributed by atoms with Crippen LogP contribution in [0.1, 0.15) is 271 Å². The van der Waals surface area contributed by atoms with Crippen molar-refractivity contribution in [1.29, 1.82) is 0 Å². The van der Waals surface area contributed by atoms with Crippen LogP contribution in [-0.2, 0) is 28.6 Å². The number of allylic oxidation sites excluding steroid dienone is 20. The van der Waals surface area contributed by atoms with Crippen LogP contribution in [0, 0.1) is 0 Å². The van der Waals surface area contributed by atoms with Crippen molar-refractivity contribution in [3.63, 3.8) is 0 Å². The van der Waals surface area contributed by atoms with Crippen LogP contribution < -0.4 is 0 Å². The van der Waals surface area contributed by atoms with E-state index in [0.717, 1.165) is 122 Å². The van der Waals surface area contributed by atoms with Gasteiger partial charge in [0.25, 0.3) is 0 Å². The van der Waals surface area contributed by atoms with Gasteiger partial charge in [0, 0.05) is 19.3 Å². The average Bonchev–Trinajstić information content (AvgIpc) is 3.40. The van der Waals surface area contributed by atoms with Crippen molar-refractivity contribution in [2.24, 2.45) is 0 Å². The summed E-state index contributed by atoms with van der Waals surface area (Å²) in [6, 6.07) is 0. The number of carbonyl (C=O) groups is 3. The number of rotatable bonds is 54. The summed E-state index contributed by atoms with van der Waals surface area (Å²) in [5.41, 5.74) is 0. The Balaban J connectivity index is 4.24. The Kier molecular flexibility index (Phi) is 57.9. The molecule has 74 heavy (non-hydrogen) atoms. The topological polar surface area (TPSA) is 78.9 Å². The van der Waals surface area contributed by atoms with Crippen molar-refractivity contribution in [2.45, 2.75) is 277 Å². The van der Waals surface area contributed by atoms with Crippen molar-refractivity contribution in [2.75, 3.05) is 13.2 Å². The molecule has 0 aliphatic carbocycles. The van der Waals surface area contributed by atoms with Crippen LogP contribution in [0.2, 0.25) is 0 Å².